The van der Waals surface area contributed by atoms with E-state index in [0.717, 1.165) is 34.2 Å². The molecule has 4 rings (SSSR count). The maximum Gasteiger partial charge on any atom is 0.137 e. The van der Waals surface area contributed by atoms with Crippen molar-refractivity contribution in [3.8, 4) is 0 Å². The number of para-hydroxylation sites is 1. The molecule has 0 atom stereocenters. The Bertz CT molecular complexity index is 911. The number of H-pyrrole nitrogens is 1. The SMILES string of the molecule is c1ccc2ncc(NCc3c[nH]c4ncccc34)cc2c1. The van der Waals surface area contributed by atoms with Crippen LogP contribution in [0.2, 0.25) is 0 Å². The number of hydrogen-bond donors (Lipinski definition) is 2. The molecular weight excluding hydrogens is 260 g/mol. The lowest BCUT2D eigenvalue weighted by molar-refractivity contribution is 1.16. The van der Waals surface area contributed by atoms with E-state index in [9.17, 15) is 0 Å². The number of hydrogen-bond acceptors (Lipinski definition) is 3. The van der Waals surface area contributed by atoms with Crippen molar-refractivity contribution >= 4 is 27.6 Å². The van der Waals surface area contributed by atoms with E-state index in [-0.39, 0.29) is 0 Å². The predicted molar refractivity (Wildman–Crippen MR) is 85.2 cm³/mol. The molecule has 0 saturated heterocycles. The smallest absolute Gasteiger partial charge is 0.137 e. The van der Waals surface area contributed by atoms with Gasteiger partial charge in [-0.1, -0.05) is 18.2 Å². The molecule has 3 heterocycles. The molecule has 0 fully saturated rings. The van der Waals surface area contributed by atoms with Gasteiger partial charge in [-0.15, -0.1) is 0 Å². The van der Waals surface area contributed by atoms with Crippen molar-refractivity contribution in [2.24, 2.45) is 0 Å². The van der Waals surface area contributed by atoms with Crippen LogP contribution in [0.4, 0.5) is 5.69 Å². The topological polar surface area (TPSA) is 53.6 Å². The number of nitrogens with one attached hydrogen (secondary N) is 2. The van der Waals surface area contributed by atoms with Crippen LogP contribution in [0.25, 0.3) is 21.9 Å². The summed E-state index contributed by atoms with van der Waals surface area (Å²) in [4.78, 5) is 12.0. The van der Waals surface area contributed by atoms with Crippen molar-refractivity contribution in [2.45, 2.75) is 6.54 Å². The zero-order valence-electron chi connectivity index (χ0n) is 11.4. The molecule has 0 spiro atoms. The lowest BCUT2D eigenvalue weighted by Gasteiger charge is -2.06. The maximum absolute atomic E-state index is 4.46. The lowest BCUT2D eigenvalue weighted by atomic mass is 10.2. The molecular formula is C17H14N4. The summed E-state index contributed by atoms with van der Waals surface area (Å²) < 4.78 is 0. The van der Waals surface area contributed by atoms with Gasteiger partial charge in [-0.05, 0) is 29.8 Å². The minimum Gasteiger partial charge on any atom is -0.380 e. The van der Waals surface area contributed by atoms with Crippen LogP contribution in [-0.2, 0) is 6.54 Å². The number of pyridine rings is 2. The Morgan fingerprint density at radius 1 is 1.05 bits per heavy atom. The average molecular weight is 274 g/mol. The van der Waals surface area contributed by atoms with Crippen LogP contribution in [-0.4, -0.2) is 15.0 Å². The highest BCUT2D eigenvalue weighted by Crippen LogP contribution is 2.19. The summed E-state index contributed by atoms with van der Waals surface area (Å²) in [7, 11) is 0. The summed E-state index contributed by atoms with van der Waals surface area (Å²) in [5.74, 6) is 0. The number of anilines is 1. The van der Waals surface area contributed by atoms with Gasteiger partial charge in [0.1, 0.15) is 5.65 Å². The molecule has 0 bridgehead atoms. The van der Waals surface area contributed by atoms with Crippen LogP contribution >= 0.6 is 0 Å². The molecule has 4 heteroatoms. The van der Waals surface area contributed by atoms with E-state index >= 15 is 0 Å². The molecule has 4 nitrogen and oxygen atoms in total. The Labute approximate surface area is 121 Å². The van der Waals surface area contributed by atoms with Gasteiger partial charge >= 0.3 is 0 Å². The first kappa shape index (κ1) is 11.9. The summed E-state index contributed by atoms with van der Waals surface area (Å²) in [6.45, 7) is 0.742. The van der Waals surface area contributed by atoms with Crippen molar-refractivity contribution in [3.63, 3.8) is 0 Å². The predicted octanol–water partition coefficient (Wildman–Crippen LogP) is 3.72. The third-order valence-corrected chi connectivity index (χ3v) is 3.61. The molecule has 2 N–H and O–H groups in total. The first-order valence-corrected chi connectivity index (χ1v) is 6.90. The van der Waals surface area contributed by atoms with Gasteiger partial charge in [0, 0.05) is 29.7 Å². The highest BCUT2D eigenvalue weighted by molar-refractivity contribution is 5.82. The summed E-state index contributed by atoms with van der Waals surface area (Å²) >= 11 is 0. The summed E-state index contributed by atoms with van der Waals surface area (Å²) in [5.41, 5.74) is 4.16. The number of aromatic amines is 1. The largest absolute Gasteiger partial charge is 0.380 e. The van der Waals surface area contributed by atoms with Crippen molar-refractivity contribution in [3.05, 3.63) is 66.6 Å². The number of fused-ring (bicyclic) bond motifs is 2. The maximum atomic E-state index is 4.46. The fraction of sp³-hybridized carbons (Fsp3) is 0.0588. The highest BCUT2D eigenvalue weighted by Gasteiger charge is 2.04. The van der Waals surface area contributed by atoms with Gasteiger partial charge in [0.05, 0.1) is 17.4 Å². The summed E-state index contributed by atoms with van der Waals surface area (Å²) in [6.07, 6.45) is 5.66. The standard InChI is InChI=1S/C17H14N4/c1-2-6-16-12(4-1)8-14(11-20-16)19-9-13-10-21-17-15(13)5-3-7-18-17/h1-8,10-11,19H,9H2,(H,18,21). The zero-order chi connectivity index (χ0) is 14.1. The van der Waals surface area contributed by atoms with Crippen LogP contribution in [0.3, 0.4) is 0 Å². The van der Waals surface area contributed by atoms with Gasteiger partial charge in [-0.25, -0.2) is 4.98 Å². The Hall–Kier alpha value is -2.88. The Kier molecular flexibility index (Phi) is 2.78. The van der Waals surface area contributed by atoms with E-state index in [1.165, 1.54) is 5.56 Å². The third kappa shape index (κ3) is 2.21. The molecule has 0 aliphatic heterocycles. The molecule has 0 aliphatic carbocycles. The van der Waals surface area contributed by atoms with Crippen LogP contribution < -0.4 is 5.32 Å². The Morgan fingerprint density at radius 3 is 3.00 bits per heavy atom. The molecule has 21 heavy (non-hydrogen) atoms. The Balaban J connectivity index is 1.60. The van der Waals surface area contributed by atoms with Gasteiger partial charge in [0.15, 0.2) is 0 Å². The average Bonchev–Trinajstić information content (AvgIpc) is 2.96. The normalized spacial score (nSPS) is 11.0. The minimum atomic E-state index is 0.742. The fourth-order valence-corrected chi connectivity index (χ4v) is 2.52. The molecule has 0 saturated carbocycles. The monoisotopic (exact) mass is 274 g/mol. The minimum absolute atomic E-state index is 0.742. The zero-order valence-corrected chi connectivity index (χ0v) is 11.4. The van der Waals surface area contributed by atoms with E-state index in [1.807, 2.05) is 36.7 Å². The van der Waals surface area contributed by atoms with E-state index < -0.39 is 0 Å². The van der Waals surface area contributed by atoms with Crippen molar-refractivity contribution in [2.75, 3.05) is 5.32 Å². The van der Waals surface area contributed by atoms with Gasteiger partial charge in [0.25, 0.3) is 0 Å². The first-order valence-electron chi connectivity index (χ1n) is 6.90. The van der Waals surface area contributed by atoms with Gasteiger partial charge in [-0.2, -0.15) is 0 Å². The van der Waals surface area contributed by atoms with E-state index in [1.54, 1.807) is 6.20 Å². The number of nitrogens with zero attached hydrogens (tertiary/aromatic N) is 2. The Morgan fingerprint density at radius 2 is 2.00 bits per heavy atom. The van der Waals surface area contributed by atoms with E-state index in [0.29, 0.717) is 0 Å². The summed E-state index contributed by atoms with van der Waals surface area (Å²) in [6, 6.07) is 14.3. The second kappa shape index (κ2) is 4.90. The third-order valence-electron chi connectivity index (χ3n) is 3.61. The molecule has 0 amide bonds. The summed E-state index contributed by atoms with van der Waals surface area (Å²) in [5, 5.41) is 5.71. The van der Waals surface area contributed by atoms with Crippen LogP contribution in [0, 0.1) is 0 Å². The number of benzene rings is 1. The van der Waals surface area contributed by atoms with Gasteiger partial charge < -0.3 is 10.3 Å². The van der Waals surface area contributed by atoms with Crippen LogP contribution in [0.15, 0.2) is 61.1 Å². The van der Waals surface area contributed by atoms with Crippen LogP contribution in [0.1, 0.15) is 5.56 Å². The second-order valence-electron chi connectivity index (χ2n) is 4.98. The van der Waals surface area contributed by atoms with Gasteiger partial charge in [0.2, 0.25) is 0 Å². The first-order chi connectivity index (χ1) is 10.4. The number of rotatable bonds is 3. The molecule has 0 unspecified atom stereocenters. The quantitative estimate of drug-likeness (QED) is 0.598. The molecule has 4 aromatic rings. The van der Waals surface area contributed by atoms with Crippen molar-refractivity contribution < 1.29 is 0 Å². The molecule has 102 valence electrons. The highest BCUT2D eigenvalue weighted by atomic mass is 14.9. The second-order valence-corrected chi connectivity index (χ2v) is 4.98. The van der Waals surface area contributed by atoms with E-state index in [4.69, 9.17) is 0 Å². The molecule has 0 radical (unpaired) electrons. The van der Waals surface area contributed by atoms with Crippen molar-refractivity contribution in [1.29, 1.82) is 0 Å². The van der Waals surface area contributed by atoms with Crippen LogP contribution in [0.5, 0.6) is 0 Å². The van der Waals surface area contributed by atoms with Crippen molar-refractivity contribution in [1.82, 2.24) is 15.0 Å². The molecule has 0 aliphatic rings. The van der Waals surface area contributed by atoms with E-state index in [2.05, 4.69) is 38.5 Å². The molecule has 3 aromatic heterocycles. The molecule has 1 aromatic carbocycles. The fourth-order valence-electron chi connectivity index (χ4n) is 2.52. The number of aromatic nitrogens is 3. The van der Waals surface area contributed by atoms with Gasteiger partial charge in [-0.3, -0.25) is 4.98 Å². The lowest BCUT2D eigenvalue weighted by Crippen LogP contribution is -1.99.